The van der Waals surface area contributed by atoms with Gasteiger partial charge in [0.1, 0.15) is 22.9 Å². The Morgan fingerprint density at radius 1 is 1.40 bits per heavy atom. The van der Waals surface area contributed by atoms with Gasteiger partial charge in [0.15, 0.2) is 0 Å². The van der Waals surface area contributed by atoms with E-state index in [9.17, 15) is 9.59 Å². The van der Waals surface area contributed by atoms with Crippen molar-refractivity contribution in [2.24, 2.45) is 11.7 Å². The summed E-state index contributed by atoms with van der Waals surface area (Å²) in [5, 5.41) is 2.73. The number of ether oxygens (including phenoxy) is 1. The largest absolute Gasteiger partial charge is 0.446 e. The van der Waals surface area contributed by atoms with Crippen molar-refractivity contribution in [3.05, 3.63) is 17.0 Å². The van der Waals surface area contributed by atoms with Crippen LogP contribution in [0, 0.1) is 5.92 Å². The molecule has 0 aliphatic heterocycles. The van der Waals surface area contributed by atoms with E-state index in [1.807, 2.05) is 0 Å². The molecule has 1 aliphatic rings. The van der Waals surface area contributed by atoms with Crippen molar-refractivity contribution >= 4 is 33.7 Å². The van der Waals surface area contributed by atoms with E-state index in [-0.39, 0.29) is 17.9 Å². The van der Waals surface area contributed by atoms with Crippen LogP contribution in [-0.4, -0.2) is 28.1 Å². The van der Waals surface area contributed by atoms with Crippen LogP contribution in [-0.2, 0) is 9.53 Å². The van der Waals surface area contributed by atoms with E-state index in [1.165, 1.54) is 6.33 Å². The number of hydrogen-bond acceptors (Lipinski definition) is 5. The molecule has 1 aromatic heterocycles. The maximum atomic E-state index is 12.2. The first kappa shape index (κ1) is 14.7. The Balaban J connectivity index is 1.93. The van der Waals surface area contributed by atoms with Crippen LogP contribution in [0.15, 0.2) is 17.0 Å². The number of carbonyl (C=O) groups is 2. The fourth-order valence-electron chi connectivity index (χ4n) is 2.28. The standard InChI is InChI=1S/C12H15BrN4O3/c13-9-5-10(16-6-15-9)17-11(18)7-2-1-3-8(4-7)20-12(14)19/h5-8H,1-4H2,(H2,14,19)(H,15,16,17,18)/t7-,8+/m0/s1. The molecule has 2 amide bonds. The van der Waals surface area contributed by atoms with Gasteiger partial charge in [-0.3, -0.25) is 4.79 Å². The van der Waals surface area contributed by atoms with Crippen LogP contribution in [0.1, 0.15) is 25.7 Å². The van der Waals surface area contributed by atoms with Crippen LogP contribution in [0.3, 0.4) is 0 Å². The fraction of sp³-hybridized carbons (Fsp3) is 0.500. The summed E-state index contributed by atoms with van der Waals surface area (Å²) in [5.74, 6) is 0.102. The zero-order valence-electron chi connectivity index (χ0n) is 10.7. The first-order valence-corrected chi connectivity index (χ1v) is 7.08. The molecule has 2 atom stereocenters. The molecule has 0 radical (unpaired) electrons. The smallest absolute Gasteiger partial charge is 0.404 e. The molecule has 1 heterocycles. The highest BCUT2D eigenvalue weighted by Crippen LogP contribution is 2.27. The molecule has 1 fully saturated rings. The third-order valence-corrected chi connectivity index (χ3v) is 3.60. The van der Waals surface area contributed by atoms with Crippen molar-refractivity contribution < 1.29 is 14.3 Å². The molecule has 0 aromatic carbocycles. The number of primary amides is 1. The first-order chi connectivity index (χ1) is 9.54. The molecular formula is C12H15BrN4O3. The van der Waals surface area contributed by atoms with Gasteiger partial charge in [0, 0.05) is 12.0 Å². The molecule has 0 saturated heterocycles. The highest BCUT2D eigenvalue weighted by atomic mass is 79.9. The summed E-state index contributed by atoms with van der Waals surface area (Å²) < 4.78 is 5.57. The van der Waals surface area contributed by atoms with Gasteiger partial charge in [-0.1, -0.05) is 0 Å². The second kappa shape index (κ2) is 6.65. The van der Waals surface area contributed by atoms with Gasteiger partial charge in [0.05, 0.1) is 0 Å². The number of halogens is 1. The molecular weight excluding hydrogens is 328 g/mol. The minimum Gasteiger partial charge on any atom is -0.446 e. The summed E-state index contributed by atoms with van der Waals surface area (Å²) in [6.07, 6.45) is 3.09. The van der Waals surface area contributed by atoms with Crippen LogP contribution in [0.25, 0.3) is 0 Å². The highest BCUT2D eigenvalue weighted by Gasteiger charge is 2.29. The van der Waals surface area contributed by atoms with E-state index in [2.05, 4.69) is 31.2 Å². The number of nitrogens with two attached hydrogens (primary N) is 1. The van der Waals surface area contributed by atoms with E-state index in [4.69, 9.17) is 10.5 Å². The predicted molar refractivity (Wildman–Crippen MR) is 74.8 cm³/mol. The summed E-state index contributed by atoms with van der Waals surface area (Å²) >= 11 is 3.21. The second-order valence-corrected chi connectivity index (χ2v) is 5.45. The zero-order chi connectivity index (χ0) is 14.5. The summed E-state index contributed by atoms with van der Waals surface area (Å²) in [6.45, 7) is 0. The fourth-order valence-corrected chi connectivity index (χ4v) is 2.59. The molecule has 8 heteroatoms. The molecule has 0 spiro atoms. The lowest BCUT2D eigenvalue weighted by Crippen LogP contribution is -2.33. The average molecular weight is 343 g/mol. The van der Waals surface area contributed by atoms with Crippen LogP contribution in [0.2, 0.25) is 0 Å². The number of amides is 2. The Morgan fingerprint density at radius 2 is 2.20 bits per heavy atom. The summed E-state index contributed by atoms with van der Waals surface area (Å²) in [4.78, 5) is 30.8. The molecule has 2 rings (SSSR count). The van der Waals surface area contributed by atoms with Gasteiger partial charge in [-0.2, -0.15) is 0 Å². The van der Waals surface area contributed by atoms with Crippen molar-refractivity contribution in [2.45, 2.75) is 31.8 Å². The molecule has 3 N–H and O–H groups in total. The van der Waals surface area contributed by atoms with Gasteiger partial charge < -0.3 is 15.8 Å². The van der Waals surface area contributed by atoms with Crippen molar-refractivity contribution in [3.63, 3.8) is 0 Å². The normalized spacial score (nSPS) is 22.1. The van der Waals surface area contributed by atoms with Crippen LogP contribution < -0.4 is 11.1 Å². The Kier molecular flexibility index (Phi) is 4.89. The van der Waals surface area contributed by atoms with Gasteiger partial charge >= 0.3 is 6.09 Å². The molecule has 0 bridgehead atoms. The maximum Gasteiger partial charge on any atom is 0.404 e. The minimum atomic E-state index is -0.796. The lowest BCUT2D eigenvalue weighted by Gasteiger charge is -2.27. The molecule has 0 unspecified atom stereocenters. The topological polar surface area (TPSA) is 107 Å². The van der Waals surface area contributed by atoms with Crippen molar-refractivity contribution in [1.29, 1.82) is 0 Å². The van der Waals surface area contributed by atoms with Gasteiger partial charge in [-0.15, -0.1) is 0 Å². The summed E-state index contributed by atoms with van der Waals surface area (Å²) in [5.41, 5.74) is 5.00. The Hall–Kier alpha value is -1.70. The first-order valence-electron chi connectivity index (χ1n) is 6.29. The monoisotopic (exact) mass is 342 g/mol. The lowest BCUT2D eigenvalue weighted by atomic mass is 9.86. The molecule has 108 valence electrons. The SMILES string of the molecule is NC(=O)O[C@@H]1CCC[C@H](C(=O)Nc2cc(Br)ncn2)C1. The van der Waals surface area contributed by atoms with E-state index in [1.54, 1.807) is 6.07 Å². The Labute approximate surface area is 124 Å². The maximum absolute atomic E-state index is 12.2. The average Bonchev–Trinajstić information content (AvgIpc) is 2.38. The molecule has 20 heavy (non-hydrogen) atoms. The van der Waals surface area contributed by atoms with Gasteiger partial charge in [0.25, 0.3) is 0 Å². The number of nitrogens with one attached hydrogen (secondary N) is 1. The van der Waals surface area contributed by atoms with Crippen LogP contribution in [0.4, 0.5) is 10.6 Å². The zero-order valence-corrected chi connectivity index (χ0v) is 12.3. The van der Waals surface area contributed by atoms with Gasteiger partial charge in [-0.05, 0) is 41.6 Å². The van der Waals surface area contributed by atoms with Crippen molar-refractivity contribution in [1.82, 2.24) is 9.97 Å². The molecule has 1 aromatic rings. The van der Waals surface area contributed by atoms with E-state index < -0.39 is 6.09 Å². The minimum absolute atomic E-state index is 0.131. The summed E-state index contributed by atoms with van der Waals surface area (Å²) in [7, 11) is 0. The number of anilines is 1. The van der Waals surface area contributed by atoms with E-state index >= 15 is 0 Å². The number of hydrogen-bond donors (Lipinski definition) is 2. The second-order valence-electron chi connectivity index (χ2n) is 4.64. The lowest BCUT2D eigenvalue weighted by molar-refractivity contribution is -0.122. The summed E-state index contributed by atoms with van der Waals surface area (Å²) in [6, 6.07) is 1.62. The van der Waals surface area contributed by atoms with Crippen molar-refractivity contribution in [2.75, 3.05) is 5.32 Å². The van der Waals surface area contributed by atoms with Gasteiger partial charge in [0.2, 0.25) is 5.91 Å². The van der Waals surface area contributed by atoms with E-state index in [0.29, 0.717) is 16.8 Å². The number of aromatic nitrogens is 2. The Bertz CT molecular complexity index is 511. The van der Waals surface area contributed by atoms with E-state index in [0.717, 1.165) is 19.3 Å². The Morgan fingerprint density at radius 3 is 2.90 bits per heavy atom. The van der Waals surface area contributed by atoms with Crippen LogP contribution >= 0.6 is 15.9 Å². The highest BCUT2D eigenvalue weighted by molar-refractivity contribution is 9.10. The van der Waals surface area contributed by atoms with Crippen LogP contribution in [0.5, 0.6) is 0 Å². The molecule has 7 nitrogen and oxygen atoms in total. The van der Waals surface area contributed by atoms with Crippen molar-refractivity contribution in [3.8, 4) is 0 Å². The molecule has 1 aliphatic carbocycles. The van der Waals surface area contributed by atoms with Gasteiger partial charge in [-0.25, -0.2) is 14.8 Å². The number of rotatable bonds is 3. The third kappa shape index (κ3) is 4.16. The third-order valence-electron chi connectivity index (χ3n) is 3.16. The predicted octanol–water partition coefficient (Wildman–Crippen LogP) is 1.83. The molecule has 1 saturated carbocycles. The number of carbonyl (C=O) groups excluding carboxylic acids is 2. The quantitative estimate of drug-likeness (QED) is 0.814. The number of nitrogens with zero attached hydrogens (tertiary/aromatic N) is 2.